The van der Waals surface area contributed by atoms with Gasteiger partial charge in [0.2, 0.25) is 5.91 Å². The molecule has 0 aromatic heterocycles. The molecule has 1 aromatic rings. The first-order chi connectivity index (χ1) is 9.15. The lowest BCUT2D eigenvalue weighted by Gasteiger charge is -2.14. The van der Waals surface area contributed by atoms with E-state index >= 15 is 0 Å². The van der Waals surface area contributed by atoms with Crippen LogP contribution in [0, 0.1) is 11.3 Å². The second-order valence-corrected chi connectivity index (χ2v) is 4.65. The Kier molecular flexibility index (Phi) is 6.62. The summed E-state index contributed by atoms with van der Waals surface area (Å²) in [6, 6.07) is 9.01. The van der Waals surface area contributed by atoms with Crippen molar-refractivity contribution in [3.63, 3.8) is 0 Å². The predicted molar refractivity (Wildman–Crippen MR) is 76.8 cm³/mol. The Labute approximate surface area is 115 Å². The summed E-state index contributed by atoms with van der Waals surface area (Å²) in [5.41, 5.74) is 1.24. The highest BCUT2D eigenvalue weighted by atomic mass is 16.1. The molecular formula is C15H21N3O. The van der Waals surface area contributed by atoms with Crippen LogP contribution in [0.5, 0.6) is 0 Å². The maximum absolute atomic E-state index is 11.7. The molecule has 0 saturated carbocycles. The van der Waals surface area contributed by atoms with Gasteiger partial charge in [0.05, 0.1) is 11.6 Å². The van der Waals surface area contributed by atoms with Crippen molar-refractivity contribution in [1.29, 1.82) is 5.26 Å². The quantitative estimate of drug-likeness (QED) is 0.819. The van der Waals surface area contributed by atoms with Gasteiger partial charge in [-0.15, -0.1) is 0 Å². The number of nitrogens with zero attached hydrogens (tertiary/aromatic N) is 2. The smallest absolute Gasteiger partial charge is 0.224 e. The van der Waals surface area contributed by atoms with Crippen molar-refractivity contribution < 1.29 is 4.79 Å². The van der Waals surface area contributed by atoms with Crippen molar-refractivity contribution in [2.75, 3.05) is 25.5 Å². The van der Waals surface area contributed by atoms with Crippen molar-refractivity contribution in [2.45, 2.75) is 26.2 Å². The molecule has 19 heavy (non-hydrogen) atoms. The summed E-state index contributed by atoms with van der Waals surface area (Å²) in [6.45, 7) is 4.14. The number of hydrogen-bond acceptors (Lipinski definition) is 3. The van der Waals surface area contributed by atoms with Gasteiger partial charge >= 0.3 is 0 Å². The topological polar surface area (TPSA) is 56.1 Å². The lowest BCUT2D eigenvalue weighted by Crippen LogP contribution is -2.22. The summed E-state index contributed by atoms with van der Waals surface area (Å²) >= 11 is 0. The van der Waals surface area contributed by atoms with Gasteiger partial charge in [-0.2, -0.15) is 5.26 Å². The number of anilines is 1. The van der Waals surface area contributed by atoms with Crippen LogP contribution in [0.1, 0.15) is 31.7 Å². The number of amides is 1. The molecule has 0 atom stereocenters. The minimum atomic E-state index is -0.0000109. The van der Waals surface area contributed by atoms with Crippen LogP contribution < -0.4 is 5.32 Å². The van der Waals surface area contributed by atoms with Crippen molar-refractivity contribution in [2.24, 2.45) is 0 Å². The SMILES string of the molecule is CCCN(C)CCCC(=O)Nc1cccc(C#N)c1. The van der Waals surface area contributed by atoms with Crippen LogP contribution in [0.2, 0.25) is 0 Å². The predicted octanol–water partition coefficient (Wildman–Crippen LogP) is 2.62. The molecule has 0 fully saturated rings. The molecule has 0 saturated heterocycles. The highest BCUT2D eigenvalue weighted by Crippen LogP contribution is 2.10. The van der Waals surface area contributed by atoms with Crippen LogP contribution in [0.4, 0.5) is 5.69 Å². The molecule has 0 bridgehead atoms. The fourth-order valence-electron chi connectivity index (χ4n) is 1.89. The Morgan fingerprint density at radius 1 is 1.42 bits per heavy atom. The van der Waals surface area contributed by atoms with E-state index in [-0.39, 0.29) is 5.91 Å². The van der Waals surface area contributed by atoms with Gasteiger partial charge in [0.1, 0.15) is 0 Å². The average Bonchev–Trinajstić information content (AvgIpc) is 2.39. The highest BCUT2D eigenvalue weighted by molar-refractivity contribution is 5.90. The average molecular weight is 259 g/mol. The number of carbonyl (C=O) groups is 1. The summed E-state index contributed by atoms with van der Waals surface area (Å²) in [6.07, 6.45) is 2.48. The molecule has 0 radical (unpaired) electrons. The fourth-order valence-corrected chi connectivity index (χ4v) is 1.89. The van der Waals surface area contributed by atoms with Gasteiger partial charge in [-0.1, -0.05) is 13.0 Å². The molecule has 4 nitrogen and oxygen atoms in total. The Hall–Kier alpha value is -1.86. The van der Waals surface area contributed by atoms with E-state index in [1.54, 1.807) is 24.3 Å². The van der Waals surface area contributed by atoms with Crippen molar-refractivity contribution in [3.8, 4) is 6.07 Å². The second-order valence-electron chi connectivity index (χ2n) is 4.65. The van der Waals surface area contributed by atoms with Gasteiger partial charge in [0.15, 0.2) is 0 Å². The first-order valence-corrected chi connectivity index (χ1v) is 6.64. The van der Waals surface area contributed by atoms with Gasteiger partial charge in [-0.05, 0) is 51.2 Å². The van der Waals surface area contributed by atoms with Crippen LogP contribution in [-0.2, 0) is 4.79 Å². The molecule has 0 unspecified atom stereocenters. The summed E-state index contributed by atoms with van der Waals surface area (Å²) in [7, 11) is 2.07. The second kappa shape index (κ2) is 8.28. The number of rotatable bonds is 7. The van der Waals surface area contributed by atoms with Gasteiger partial charge in [-0.25, -0.2) is 0 Å². The zero-order chi connectivity index (χ0) is 14.1. The first-order valence-electron chi connectivity index (χ1n) is 6.64. The largest absolute Gasteiger partial charge is 0.326 e. The zero-order valence-electron chi connectivity index (χ0n) is 11.6. The molecule has 102 valence electrons. The van der Waals surface area contributed by atoms with Crippen LogP contribution in [0.3, 0.4) is 0 Å². The maximum Gasteiger partial charge on any atom is 0.224 e. The molecule has 1 amide bonds. The standard InChI is InChI=1S/C15H21N3O/c1-3-9-18(2)10-5-8-15(19)17-14-7-4-6-13(11-14)12-16/h4,6-7,11H,3,5,8-10H2,1-2H3,(H,17,19). The van der Waals surface area contributed by atoms with Crippen molar-refractivity contribution in [3.05, 3.63) is 29.8 Å². The minimum absolute atomic E-state index is 0.0000109. The number of hydrogen-bond donors (Lipinski definition) is 1. The number of nitrogens with one attached hydrogen (secondary N) is 1. The van der Waals surface area contributed by atoms with Gasteiger partial charge in [-0.3, -0.25) is 4.79 Å². The lowest BCUT2D eigenvalue weighted by atomic mass is 10.2. The number of carbonyl (C=O) groups excluding carboxylic acids is 1. The monoisotopic (exact) mass is 259 g/mol. The Morgan fingerprint density at radius 3 is 2.89 bits per heavy atom. The molecule has 0 spiro atoms. The number of nitriles is 1. The van der Waals surface area contributed by atoms with E-state index in [0.717, 1.165) is 25.9 Å². The van der Waals surface area contributed by atoms with Gasteiger partial charge in [0.25, 0.3) is 0 Å². The lowest BCUT2D eigenvalue weighted by molar-refractivity contribution is -0.116. The maximum atomic E-state index is 11.7. The van der Waals surface area contributed by atoms with E-state index in [1.807, 2.05) is 0 Å². The summed E-state index contributed by atoms with van der Waals surface area (Å²) in [4.78, 5) is 14.0. The molecular weight excluding hydrogens is 238 g/mol. The Balaban J connectivity index is 2.33. The van der Waals surface area contributed by atoms with Crippen LogP contribution in [-0.4, -0.2) is 30.9 Å². The molecule has 0 aliphatic carbocycles. The summed E-state index contributed by atoms with van der Waals surface area (Å²) in [5, 5.41) is 11.6. The number of benzene rings is 1. The van der Waals surface area contributed by atoms with Gasteiger partial charge in [0, 0.05) is 12.1 Å². The molecule has 1 N–H and O–H groups in total. The molecule has 0 heterocycles. The molecule has 0 aliphatic heterocycles. The highest BCUT2D eigenvalue weighted by Gasteiger charge is 2.04. The van der Waals surface area contributed by atoms with Crippen LogP contribution in [0.15, 0.2) is 24.3 Å². The third-order valence-electron chi connectivity index (χ3n) is 2.82. The molecule has 4 heteroatoms. The van der Waals surface area contributed by atoms with E-state index in [4.69, 9.17) is 5.26 Å². The molecule has 0 aliphatic rings. The van der Waals surface area contributed by atoms with Crippen LogP contribution >= 0.6 is 0 Å². The van der Waals surface area contributed by atoms with E-state index in [0.29, 0.717) is 17.7 Å². The minimum Gasteiger partial charge on any atom is -0.326 e. The summed E-state index contributed by atoms with van der Waals surface area (Å²) in [5.74, 6) is -0.0000109. The van der Waals surface area contributed by atoms with E-state index in [1.165, 1.54) is 0 Å². The van der Waals surface area contributed by atoms with E-state index in [2.05, 4.69) is 30.3 Å². The zero-order valence-corrected chi connectivity index (χ0v) is 11.6. The van der Waals surface area contributed by atoms with E-state index in [9.17, 15) is 4.79 Å². The fraction of sp³-hybridized carbons (Fsp3) is 0.467. The van der Waals surface area contributed by atoms with E-state index < -0.39 is 0 Å². The molecule has 1 rings (SSSR count). The molecule has 1 aromatic carbocycles. The van der Waals surface area contributed by atoms with Crippen molar-refractivity contribution >= 4 is 11.6 Å². The third-order valence-corrected chi connectivity index (χ3v) is 2.82. The first kappa shape index (κ1) is 15.2. The van der Waals surface area contributed by atoms with Gasteiger partial charge < -0.3 is 10.2 Å². The van der Waals surface area contributed by atoms with Crippen molar-refractivity contribution in [1.82, 2.24) is 4.90 Å². The Morgan fingerprint density at radius 2 is 2.21 bits per heavy atom. The summed E-state index contributed by atoms with van der Waals surface area (Å²) < 4.78 is 0. The third kappa shape index (κ3) is 6.03. The Bertz CT molecular complexity index is 451. The van der Waals surface area contributed by atoms with Crippen LogP contribution in [0.25, 0.3) is 0 Å². The normalized spacial score (nSPS) is 10.2.